The molecular formula is C21H23N5O3S2. The lowest BCUT2D eigenvalue weighted by Gasteiger charge is -2.30. The van der Waals surface area contributed by atoms with Crippen molar-refractivity contribution in [3.63, 3.8) is 0 Å². The Morgan fingerprint density at radius 3 is 2.74 bits per heavy atom. The van der Waals surface area contributed by atoms with E-state index >= 15 is 0 Å². The number of hydrazine groups is 1. The number of amides is 2. The molecule has 1 aliphatic rings. The van der Waals surface area contributed by atoms with Crippen LogP contribution in [-0.4, -0.2) is 59.0 Å². The Hall–Kier alpha value is -2.98. The summed E-state index contributed by atoms with van der Waals surface area (Å²) in [4.78, 5) is 31.6. The number of hydrogen-bond acceptors (Lipinski definition) is 6. The van der Waals surface area contributed by atoms with E-state index in [1.165, 1.54) is 16.3 Å². The summed E-state index contributed by atoms with van der Waals surface area (Å²) in [6, 6.07) is 9.40. The predicted octanol–water partition coefficient (Wildman–Crippen LogP) is 2.99. The van der Waals surface area contributed by atoms with Crippen LogP contribution in [0.1, 0.15) is 44.8 Å². The van der Waals surface area contributed by atoms with Crippen LogP contribution in [0.2, 0.25) is 0 Å². The summed E-state index contributed by atoms with van der Waals surface area (Å²) in [5.41, 5.74) is 3.77. The molecule has 2 amide bonds. The van der Waals surface area contributed by atoms with Crippen LogP contribution in [0, 0.1) is 0 Å². The largest absolute Gasteiger partial charge is 0.451 e. The lowest BCUT2D eigenvalue weighted by molar-refractivity contribution is 0.0683. The highest BCUT2D eigenvalue weighted by Crippen LogP contribution is 2.31. The van der Waals surface area contributed by atoms with Crippen LogP contribution in [0.25, 0.3) is 11.0 Å². The Labute approximate surface area is 189 Å². The summed E-state index contributed by atoms with van der Waals surface area (Å²) >= 11 is 6.56. The number of nitrogens with one attached hydrogen (secondary N) is 2. The Balaban J connectivity index is 1.35. The van der Waals surface area contributed by atoms with Crippen molar-refractivity contribution < 1.29 is 14.0 Å². The van der Waals surface area contributed by atoms with Gasteiger partial charge in [0.15, 0.2) is 10.9 Å². The van der Waals surface area contributed by atoms with Crippen molar-refractivity contribution >= 4 is 51.5 Å². The highest BCUT2D eigenvalue weighted by molar-refractivity contribution is 7.80. The van der Waals surface area contributed by atoms with Crippen molar-refractivity contribution in [2.75, 3.05) is 27.2 Å². The number of carbonyl (C=O) groups is 2. The van der Waals surface area contributed by atoms with Crippen molar-refractivity contribution in [1.82, 2.24) is 25.6 Å². The van der Waals surface area contributed by atoms with E-state index < -0.39 is 0 Å². The lowest BCUT2D eigenvalue weighted by atomic mass is 9.97. The first-order valence-electron chi connectivity index (χ1n) is 9.96. The van der Waals surface area contributed by atoms with Gasteiger partial charge in [-0.15, -0.1) is 11.3 Å². The van der Waals surface area contributed by atoms with Crippen LogP contribution in [0.3, 0.4) is 0 Å². The van der Waals surface area contributed by atoms with Crippen LogP contribution in [0.4, 0.5) is 0 Å². The maximum Gasteiger partial charge on any atom is 0.289 e. The Kier molecular flexibility index (Phi) is 6.19. The molecule has 3 heterocycles. The lowest BCUT2D eigenvalue weighted by Crippen LogP contribution is -2.47. The van der Waals surface area contributed by atoms with Gasteiger partial charge in [-0.2, -0.15) is 0 Å². The topological polar surface area (TPSA) is 90.7 Å². The molecule has 1 aromatic carbocycles. The van der Waals surface area contributed by atoms with E-state index in [1.807, 2.05) is 29.2 Å². The highest BCUT2D eigenvalue weighted by Gasteiger charge is 2.28. The molecule has 3 aromatic rings. The average Bonchev–Trinajstić information content (AvgIpc) is 3.45. The zero-order chi connectivity index (χ0) is 22.0. The molecule has 2 N–H and O–H groups in total. The summed E-state index contributed by atoms with van der Waals surface area (Å²) in [6.07, 6.45) is 1.59. The number of furan rings is 1. The summed E-state index contributed by atoms with van der Waals surface area (Å²) in [6.45, 7) is 1.25. The van der Waals surface area contributed by atoms with Gasteiger partial charge in [-0.1, -0.05) is 18.2 Å². The van der Waals surface area contributed by atoms with Crippen LogP contribution >= 0.6 is 23.6 Å². The molecule has 1 aliphatic heterocycles. The number of thiocarbonyl (C=S) groups is 1. The van der Waals surface area contributed by atoms with Gasteiger partial charge in [0.2, 0.25) is 0 Å². The minimum Gasteiger partial charge on any atom is -0.451 e. The van der Waals surface area contributed by atoms with E-state index in [-0.39, 0.29) is 17.7 Å². The molecule has 8 nitrogen and oxygen atoms in total. The standard InChI is InChI=1S/C21H23N5O3S2/c1-22-21(30)25(2)24-18(27)15-12-31-19(23-15)13-7-9-26(10-8-13)20(28)17-11-14-5-3-4-6-16(14)29-17/h3-6,11-13H,7-10H2,1-2H3,(H,22,30)(H,24,27). The van der Waals surface area contributed by atoms with E-state index in [0.29, 0.717) is 29.7 Å². The van der Waals surface area contributed by atoms with Gasteiger partial charge < -0.3 is 14.6 Å². The fraction of sp³-hybridized carbons (Fsp3) is 0.333. The van der Waals surface area contributed by atoms with Crippen LogP contribution < -0.4 is 10.7 Å². The van der Waals surface area contributed by atoms with Gasteiger partial charge in [0, 0.05) is 43.9 Å². The molecule has 1 fully saturated rings. The molecule has 0 saturated carbocycles. The van der Waals surface area contributed by atoms with Gasteiger partial charge in [-0.3, -0.25) is 20.0 Å². The van der Waals surface area contributed by atoms with Gasteiger partial charge in [0.1, 0.15) is 11.3 Å². The summed E-state index contributed by atoms with van der Waals surface area (Å²) in [7, 11) is 3.36. The molecule has 0 bridgehead atoms. The fourth-order valence-corrected chi connectivity index (χ4v) is 4.60. The number of benzene rings is 1. The second-order valence-electron chi connectivity index (χ2n) is 7.34. The second-order valence-corrected chi connectivity index (χ2v) is 8.62. The Bertz CT molecular complexity index is 1080. The van der Waals surface area contributed by atoms with Crippen molar-refractivity contribution in [2.45, 2.75) is 18.8 Å². The molecule has 0 radical (unpaired) electrons. The number of fused-ring (bicyclic) bond motifs is 1. The third-order valence-corrected chi connectivity index (χ3v) is 6.80. The first-order valence-corrected chi connectivity index (χ1v) is 11.2. The molecule has 2 aromatic heterocycles. The number of aromatic nitrogens is 1. The number of likely N-dealkylation sites (tertiary alicyclic amines) is 1. The number of hydrogen-bond donors (Lipinski definition) is 2. The minimum atomic E-state index is -0.305. The zero-order valence-corrected chi connectivity index (χ0v) is 18.9. The van der Waals surface area contributed by atoms with E-state index in [9.17, 15) is 9.59 Å². The molecule has 10 heteroatoms. The third-order valence-electron chi connectivity index (χ3n) is 5.31. The number of thiazole rings is 1. The number of nitrogens with zero attached hydrogens (tertiary/aromatic N) is 3. The monoisotopic (exact) mass is 457 g/mol. The average molecular weight is 458 g/mol. The molecule has 0 atom stereocenters. The second kappa shape index (κ2) is 9.03. The zero-order valence-electron chi connectivity index (χ0n) is 17.3. The van der Waals surface area contributed by atoms with Crippen molar-refractivity contribution in [2.24, 2.45) is 0 Å². The van der Waals surface area contributed by atoms with Crippen molar-refractivity contribution in [1.29, 1.82) is 0 Å². The van der Waals surface area contributed by atoms with Crippen molar-refractivity contribution in [3.05, 3.63) is 52.2 Å². The fourth-order valence-electron chi connectivity index (χ4n) is 3.58. The maximum absolute atomic E-state index is 12.8. The van der Waals surface area contributed by atoms with E-state index in [2.05, 4.69) is 15.7 Å². The van der Waals surface area contributed by atoms with Crippen LogP contribution in [-0.2, 0) is 0 Å². The summed E-state index contributed by atoms with van der Waals surface area (Å²) in [5, 5.41) is 8.25. The van der Waals surface area contributed by atoms with Gasteiger partial charge in [0.05, 0.1) is 5.01 Å². The van der Waals surface area contributed by atoms with Gasteiger partial charge in [-0.05, 0) is 37.2 Å². The number of carbonyl (C=O) groups excluding carboxylic acids is 2. The van der Waals surface area contributed by atoms with Gasteiger partial charge in [0.25, 0.3) is 11.8 Å². The number of piperidine rings is 1. The molecule has 1 saturated heterocycles. The maximum atomic E-state index is 12.8. The quantitative estimate of drug-likeness (QED) is 0.462. The molecule has 0 spiro atoms. The molecule has 162 valence electrons. The number of para-hydroxylation sites is 1. The van der Waals surface area contributed by atoms with E-state index in [0.717, 1.165) is 28.8 Å². The Morgan fingerprint density at radius 1 is 1.29 bits per heavy atom. The smallest absolute Gasteiger partial charge is 0.289 e. The predicted molar refractivity (Wildman–Crippen MR) is 123 cm³/mol. The normalized spacial score (nSPS) is 14.5. The van der Waals surface area contributed by atoms with E-state index in [4.69, 9.17) is 16.6 Å². The minimum absolute atomic E-state index is 0.0857. The molecular weight excluding hydrogens is 434 g/mol. The molecule has 4 rings (SSSR count). The first kappa shape index (κ1) is 21.3. The Morgan fingerprint density at radius 2 is 2.03 bits per heavy atom. The van der Waals surface area contributed by atoms with Crippen LogP contribution in [0.15, 0.2) is 40.1 Å². The molecule has 0 aliphatic carbocycles. The highest BCUT2D eigenvalue weighted by atomic mass is 32.1. The van der Waals surface area contributed by atoms with Gasteiger partial charge in [-0.25, -0.2) is 4.98 Å². The number of rotatable bonds is 3. The third kappa shape index (κ3) is 4.54. The van der Waals surface area contributed by atoms with E-state index in [1.54, 1.807) is 25.5 Å². The van der Waals surface area contributed by atoms with Gasteiger partial charge >= 0.3 is 0 Å². The van der Waals surface area contributed by atoms with Crippen LogP contribution in [0.5, 0.6) is 0 Å². The first-order chi connectivity index (χ1) is 15.0. The van der Waals surface area contributed by atoms with Crippen molar-refractivity contribution in [3.8, 4) is 0 Å². The summed E-state index contributed by atoms with van der Waals surface area (Å²) in [5.74, 6) is 0.205. The molecule has 31 heavy (non-hydrogen) atoms. The molecule has 0 unspecified atom stereocenters. The SMILES string of the molecule is CNC(=S)N(C)NC(=O)c1csc(C2CCN(C(=O)c3cc4ccccc4o3)CC2)n1. The summed E-state index contributed by atoms with van der Waals surface area (Å²) < 4.78 is 5.72.